The van der Waals surface area contributed by atoms with Crippen LogP contribution in [0.5, 0.6) is 5.75 Å². The first-order valence-electron chi connectivity index (χ1n) is 5.54. The topological polar surface area (TPSA) is 56.5 Å². The Morgan fingerprint density at radius 2 is 2.24 bits per heavy atom. The molecule has 1 aromatic rings. The Morgan fingerprint density at radius 1 is 1.53 bits per heavy atom. The van der Waals surface area contributed by atoms with Gasteiger partial charge in [0.25, 0.3) is 0 Å². The third-order valence-electron chi connectivity index (χ3n) is 2.65. The molecule has 4 heteroatoms. The Morgan fingerprint density at radius 3 is 2.76 bits per heavy atom. The number of ether oxygens (including phenoxy) is 1. The summed E-state index contributed by atoms with van der Waals surface area (Å²) in [4.78, 5) is 1.95. The maximum absolute atomic E-state index is 9.82. The van der Waals surface area contributed by atoms with Crippen LogP contribution in [0.4, 0.5) is 5.69 Å². The van der Waals surface area contributed by atoms with Gasteiger partial charge in [-0.2, -0.15) is 5.26 Å². The fraction of sp³-hybridized carbons (Fsp3) is 0.462. The standard InChI is InChI=1S/C13H18N2O2/c1-10(16)13-11(15(2)9-5-8-14)6-4-7-12(13)17-3/h4,6-7,10,16H,5,9H2,1-3H3/t10-/m0/s1. The van der Waals surface area contributed by atoms with Crippen LogP contribution in [0.15, 0.2) is 18.2 Å². The minimum Gasteiger partial charge on any atom is -0.496 e. The Labute approximate surface area is 102 Å². The van der Waals surface area contributed by atoms with Crippen molar-refractivity contribution in [1.29, 1.82) is 5.26 Å². The van der Waals surface area contributed by atoms with Gasteiger partial charge in [-0.3, -0.25) is 0 Å². The monoisotopic (exact) mass is 234 g/mol. The third kappa shape index (κ3) is 3.11. The molecule has 0 fully saturated rings. The highest BCUT2D eigenvalue weighted by molar-refractivity contribution is 5.60. The molecule has 0 aliphatic rings. The third-order valence-corrected chi connectivity index (χ3v) is 2.65. The molecule has 92 valence electrons. The Bertz CT molecular complexity index is 410. The van der Waals surface area contributed by atoms with E-state index in [1.807, 2.05) is 30.1 Å². The zero-order valence-corrected chi connectivity index (χ0v) is 10.5. The summed E-state index contributed by atoms with van der Waals surface area (Å²) >= 11 is 0. The van der Waals surface area contributed by atoms with E-state index in [9.17, 15) is 5.11 Å². The first kappa shape index (κ1) is 13.3. The van der Waals surface area contributed by atoms with Crippen molar-refractivity contribution in [3.63, 3.8) is 0 Å². The van der Waals surface area contributed by atoms with E-state index in [0.29, 0.717) is 18.7 Å². The van der Waals surface area contributed by atoms with Gasteiger partial charge in [0.15, 0.2) is 0 Å². The van der Waals surface area contributed by atoms with Crippen molar-refractivity contribution in [2.24, 2.45) is 0 Å². The summed E-state index contributed by atoms with van der Waals surface area (Å²) in [5.41, 5.74) is 1.66. The molecular weight excluding hydrogens is 216 g/mol. The van der Waals surface area contributed by atoms with Crippen molar-refractivity contribution in [3.05, 3.63) is 23.8 Å². The molecule has 0 aromatic heterocycles. The van der Waals surface area contributed by atoms with E-state index in [1.54, 1.807) is 14.0 Å². The fourth-order valence-corrected chi connectivity index (χ4v) is 1.80. The molecule has 0 unspecified atom stereocenters. The Kier molecular flexibility index (Phi) is 4.80. The van der Waals surface area contributed by atoms with Gasteiger partial charge in [-0.05, 0) is 19.1 Å². The summed E-state index contributed by atoms with van der Waals surface area (Å²) in [5.74, 6) is 0.668. The van der Waals surface area contributed by atoms with Gasteiger partial charge in [0.2, 0.25) is 0 Å². The van der Waals surface area contributed by atoms with Crippen LogP contribution in [-0.4, -0.2) is 25.8 Å². The quantitative estimate of drug-likeness (QED) is 0.847. The van der Waals surface area contributed by atoms with Crippen LogP contribution in [-0.2, 0) is 0 Å². The Balaban J connectivity index is 3.10. The van der Waals surface area contributed by atoms with E-state index in [2.05, 4.69) is 6.07 Å². The zero-order valence-electron chi connectivity index (χ0n) is 10.5. The number of aliphatic hydroxyl groups excluding tert-OH is 1. The van der Waals surface area contributed by atoms with Gasteiger partial charge in [0, 0.05) is 24.8 Å². The van der Waals surface area contributed by atoms with Crippen LogP contribution >= 0.6 is 0 Å². The number of methoxy groups -OCH3 is 1. The van der Waals surface area contributed by atoms with Gasteiger partial charge < -0.3 is 14.7 Å². The molecule has 0 aliphatic heterocycles. The van der Waals surface area contributed by atoms with E-state index in [4.69, 9.17) is 10.00 Å². The summed E-state index contributed by atoms with van der Waals surface area (Å²) in [7, 11) is 3.48. The van der Waals surface area contributed by atoms with Gasteiger partial charge in [0.1, 0.15) is 5.75 Å². The molecule has 1 N–H and O–H groups in total. The molecule has 0 heterocycles. The highest BCUT2D eigenvalue weighted by atomic mass is 16.5. The van der Waals surface area contributed by atoms with Crippen molar-refractivity contribution in [2.75, 3.05) is 25.6 Å². The SMILES string of the molecule is COc1cccc(N(C)CCC#N)c1[C@H](C)O. The second kappa shape index (κ2) is 6.12. The summed E-state index contributed by atoms with van der Waals surface area (Å²) in [6, 6.07) is 7.73. The van der Waals surface area contributed by atoms with E-state index in [0.717, 1.165) is 11.3 Å². The summed E-state index contributed by atoms with van der Waals surface area (Å²) in [6.07, 6.45) is -0.154. The lowest BCUT2D eigenvalue weighted by Gasteiger charge is -2.24. The predicted octanol–water partition coefficient (Wildman–Crippen LogP) is 2.10. The molecule has 0 saturated carbocycles. The molecular formula is C13H18N2O2. The zero-order chi connectivity index (χ0) is 12.8. The minimum absolute atomic E-state index is 0.451. The average molecular weight is 234 g/mol. The van der Waals surface area contributed by atoms with Crippen LogP contribution in [0.3, 0.4) is 0 Å². The molecule has 0 aliphatic carbocycles. The molecule has 4 nitrogen and oxygen atoms in total. The smallest absolute Gasteiger partial charge is 0.126 e. The second-order valence-corrected chi connectivity index (χ2v) is 3.90. The van der Waals surface area contributed by atoms with Crippen molar-refractivity contribution < 1.29 is 9.84 Å². The maximum atomic E-state index is 9.82. The molecule has 0 amide bonds. The number of hydrogen-bond donors (Lipinski definition) is 1. The number of rotatable bonds is 5. The molecule has 1 rings (SSSR count). The van der Waals surface area contributed by atoms with E-state index < -0.39 is 6.10 Å². The molecule has 17 heavy (non-hydrogen) atoms. The second-order valence-electron chi connectivity index (χ2n) is 3.90. The molecule has 0 bridgehead atoms. The van der Waals surface area contributed by atoms with Crippen LogP contribution in [0.2, 0.25) is 0 Å². The highest BCUT2D eigenvalue weighted by Gasteiger charge is 2.16. The van der Waals surface area contributed by atoms with Crippen molar-refractivity contribution in [3.8, 4) is 11.8 Å². The summed E-state index contributed by atoms with van der Waals surface area (Å²) in [6.45, 7) is 2.34. The van der Waals surface area contributed by atoms with E-state index in [1.165, 1.54) is 0 Å². The first-order valence-corrected chi connectivity index (χ1v) is 5.54. The van der Waals surface area contributed by atoms with Gasteiger partial charge in [-0.15, -0.1) is 0 Å². The predicted molar refractivity (Wildman–Crippen MR) is 67.1 cm³/mol. The molecule has 0 radical (unpaired) electrons. The van der Waals surface area contributed by atoms with E-state index >= 15 is 0 Å². The number of hydrogen-bond acceptors (Lipinski definition) is 4. The number of aliphatic hydroxyl groups is 1. The van der Waals surface area contributed by atoms with Crippen molar-refractivity contribution in [2.45, 2.75) is 19.4 Å². The minimum atomic E-state index is -0.606. The van der Waals surface area contributed by atoms with Crippen LogP contribution in [0.1, 0.15) is 25.0 Å². The van der Waals surface area contributed by atoms with Crippen LogP contribution < -0.4 is 9.64 Å². The van der Waals surface area contributed by atoms with Crippen molar-refractivity contribution in [1.82, 2.24) is 0 Å². The summed E-state index contributed by atoms with van der Waals surface area (Å²) in [5, 5.41) is 18.4. The number of anilines is 1. The lowest BCUT2D eigenvalue weighted by molar-refractivity contribution is 0.194. The number of nitriles is 1. The van der Waals surface area contributed by atoms with Gasteiger partial charge >= 0.3 is 0 Å². The van der Waals surface area contributed by atoms with Crippen molar-refractivity contribution >= 4 is 5.69 Å². The normalized spacial score (nSPS) is 11.7. The van der Waals surface area contributed by atoms with Crippen LogP contribution in [0, 0.1) is 11.3 Å². The lowest BCUT2D eigenvalue weighted by Crippen LogP contribution is -2.20. The first-order chi connectivity index (χ1) is 8.11. The number of benzene rings is 1. The number of nitrogens with zero attached hydrogens (tertiary/aromatic N) is 2. The molecule has 1 aromatic carbocycles. The molecule has 1 atom stereocenters. The van der Waals surface area contributed by atoms with Gasteiger partial charge in [0.05, 0.1) is 25.7 Å². The lowest BCUT2D eigenvalue weighted by atomic mass is 10.1. The molecule has 0 saturated heterocycles. The Hall–Kier alpha value is -1.73. The van der Waals surface area contributed by atoms with Gasteiger partial charge in [-0.1, -0.05) is 6.07 Å². The fourth-order valence-electron chi connectivity index (χ4n) is 1.80. The molecule has 0 spiro atoms. The van der Waals surface area contributed by atoms with E-state index in [-0.39, 0.29) is 0 Å². The maximum Gasteiger partial charge on any atom is 0.126 e. The summed E-state index contributed by atoms with van der Waals surface area (Å²) < 4.78 is 5.25. The highest BCUT2D eigenvalue weighted by Crippen LogP contribution is 2.33. The van der Waals surface area contributed by atoms with Crippen LogP contribution in [0.25, 0.3) is 0 Å². The largest absolute Gasteiger partial charge is 0.496 e. The van der Waals surface area contributed by atoms with Gasteiger partial charge in [-0.25, -0.2) is 0 Å². The average Bonchev–Trinajstić information content (AvgIpc) is 2.34.